The van der Waals surface area contributed by atoms with Crippen LogP contribution in [0.2, 0.25) is 0 Å². The predicted molar refractivity (Wildman–Crippen MR) is 55.3 cm³/mol. The van der Waals surface area contributed by atoms with Gasteiger partial charge in [0.1, 0.15) is 6.04 Å². The number of nitrogens with zero attached hydrogens (tertiary/aromatic N) is 1. The number of hydrogen-bond acceptors (Lipinski definition) is 3. The number of halogens is 3. The Labute approximate surface area is 93.4 Å². The molecule has 0 amide bonds. The van der Waals surface area contributed by atoms with Gasteiger partial charge in [-0.2, -0.15) is 13.2 Å². The van der Waals surface area contributed by atoms with Crippen LogP contribution in [0.15, 0.2) is 0 Å². The summed E-state index contributed by atoms with van der Waals surface area (Å²) in [7, 11) is 0. The molecule has 2 fully saturated rings. The molecule has 0 aliphatic carbocycles. The maximum atomic E-state index is 12.8. The zero-order valence-corrected chi connectivity index (χ0v) is 9.19. The van der Waals surface area contributed by atoms with Gasteiger partial charge in [-0.25, -0.2) is 0 Å². The van der Waals surface area contributed by atoms with Gasteiger partial charge in [0.2, 0.25) is 0 Å². The first-order valence-corrected chi connectivity index (χ1v) is 5.82. The van der Waals surface area contributed by atoms with Gasteiger partial charge in [-0.3, -0.25) is 4.90 Å². The number of piperazine rings is 1. The second-order valence-corrected chi connectivity index (χ2v) is 4.55. The van der Waals surface area contributed by atoms with Gasteiger partial charge in [0.25, 0.3) is 0 Å². The average molecular weight is 237 g/mol. The van der Waals surface area contributed by atoms with Crippen LogP contribution in [0, 0.1) is 0 Å². The molecule has 0 aromatic heterocycles. The van der Waals surface area contributed by atoms with E-state index in [1.54, 1.807) is 4.90 Å². The third kappa shape index (κ3) is 2.87. The Balaban J connectivity index is 1.93. The van der Waals surface area contributed by atoms with Crippen molar-refractivity contribution in [2.75, 3.05) is 32.7 Å². The van der Waals surface area contributed by atoms with Crippen LogP contribution in [0.25, 0.3) is 0 Å². The van der Waals surface area contributed by atoms with Gasteiger partial charge in [0.15, 0.2) is 0 Å². The van der Waals surface area contributed by atoms with E-state index < -0.39 is 12.2 Å². The standard InChI is InChI=1S/C10H18F3N3/c11-10(12,13)9-6-14-4-5-16(9)7-8-2-1-3-15-8/h8-9,14-15H,1-7H2. The lowest BCUT2D eigenvalue weighted by atomic mass is 10.1. The van der Waals surface area contributed by atoms with Crippen molar-refractivity contribution in [3.63, 3.8) is 0 Å². The summed E-state index contributed by atoms with van der Waals surface area (Å²) < 4.78 is 38.3. The van der Waals surface area contributed by atoms with E-state index in [1.807, 2.05) is 0 Å². The summed E-state index contributed by atoms with van der Waals surface area (Å²) in [5.74, 6) is 0. The Morgan fingerprint density at radius 3 is 2.69 bits per heavy atom. The second-order valence-electron chi connectivity index (χ2n) is 4.55. The van der Waals surface area contributed by atoms with Crippen LogP contribution >= 0.6 is 0 Å². The Morgan fingerprint density at radius 1 is 1.25 bits per heavy atom. The van der Waals surface area contributed by atoms with E-state index in [0.29, 0.717) is 19.6 Å². The third-order valence-corrected chi connectivity index (χ3v) is 3.35. The minimum atomic E-state index is -4.12. The molecule has 16 heavy (non-hydrogen) atoms. The Bertz CT molecular complexity index is 226. The summed E-state index contributed by atoms with van der Waals surface area (Å²) in [4.78, 5) is 1.57. The van der Waals surface area contributed by atoms with Gasteiger partial charge in [-0.05, 0) is 19.4 Å². The van der Waals surface area contributed by atoms with Crippen LogP contribution < -0.4 is 10.6 Å². The first-order valence-electron chi connectivity index (χ1n) is 5.82. The quantitative estimate of drug-likeness (QED) is 0.735. The minimum absolute atomic E-state index is 0.0240. The van der Waals surface area contributed by atoms with Gasteiger partial charge in [0.05, 0.1) is 0 Å². The lowest BCUT2D eigenvalue weighted by Crippen LogP contribution is -2.59. The molecule has 0 aromatic rings. The molecule has 94 valence electrons. The molecular formula is C10H18F3N3. The molecule has 0 radical (unpaired) electrons. The molecule has 3 nitrogen and oxygen atoms in total. The van der Waals surface area contributed by atoms with Gasteiger partial charge in [-0.1, -0.05) is 0 Å². The largest absolute Gasteiger partial charge is 0.405 e. The Kier molecular flexibility index (Phi) is 3.71. The van der Waals surface area contributed by atoms with Crippen molar-refractivity contribution >= 4 is 0 Å². The van der Waals surface area contributed by atoms with Gasteiger partial charge >= 0.3 is 6.18 Å². The summed E-state index contributed by atoms with van der Waals surface area (Å²) in [6.45, 7) is 2.62. The smallest absolute Gasteiger partial charge is 0.314 e. The van der Waals surface area contributed by atoms with Crippen LogP contribution in [-0.2, 0) is 0 Å². The molecule has 2 heterocycles. The van der Waals surface area contributed by atoms with Crippen LogP contribution in [0.3, 0.4) is 0 Å². The molecule has 2 rings (SSSR count). The fourth-order valence-electron chi connectivity index (χ4n) is 2.48. The fraction of sp³-hybridized carbons (Fsp3) is 1.00. The molecule has 2 atom stereocenters. The topological polar surface area (TPSA) is 27.3 Å². The molecule has 0 aromatic carbocycles. The molecular weight excluding hydrogens is 219 g/mol. The zero-order valence-electron chi connectivity index (χ0n) is 9.19. The van der Waals surface area contributed by atoms with Crippen molar-refractivity contribution in [1.29, 1.82) is 0 Å². The fourth-order valence-corrected chi connectivity index (χ4v) is 2.48. The molecule has 2 unspecified atom stereocenters. The van der Waals surface area contributed by atoms with Crippen molar-refractivity contribution in [3.05, 3.63) is 0 Å². The van der Waals surface area contributed by atoms with Crippen LogP contribution in [0.4, 0.5) is 13.2 Å². The van der Waals surface area contributed by atoms with Crippen LogP contribution in [-0.4, -0.2) is 55.9 Å². The van der Waals surface area contributed by atoms with Crippen LogP contribution in [0.5, 0.6) is 0 Å². The molecule has 0 spiro atoms. The Hall–Kier alpha value is -0.330. The molecule has 2 aliphatic heterocycles. The molecule has 0 bridgehead atoms. The Morgan fingerprint density at radius 2 is 2.06 bits per heavy atom. The first-order chi connectivity index (χ1) is 7.57. The predicted octanol–water partition coefficient (Wildman–Crippen LogP) is 0.574. The van der Waals surface area contributed by atoms with Crippen molar-refractivity contribution in [2.24, 2.45) is 0 Å². The highest BCUT2D eigenvalue weighted by Crippen LogP contribution is 2.26. The van der Waals surface area contributed by atoms with E-state index in [9.17, 15) is 13.2 Å². The number of nitrogens with one attached hydrogen (secondary N) is 2. The molecule has 0 saturated carbocycles. The van der Waals surface area contributed by atoms with E-state index in [1.165, 1.54) is 0 Å². The monoisotopic (exact) mass is 237 g/mol. The maximum absolute atomic E-state index is 12.8. The number of hydrogen-bond donors (Lipinski definition) is 2. The summed E-state index contributed by atoms with van der Waals surface area (Å²) in [6, 6.07) is -1.08. The lowest BCUT2D eigenvalue weighted by molar-refractivity contribution is -0.187. The van der Waals surface area contributed by atoms with Gasteiger partial charge < -0.3 is 10.6 Å². The number of rotatable bonds is 2. The van der Waals surface area contributed by atoms with E-state index in [4.69, 9.17) is 0 Å². The van der Waals surface area contributed by atoms with Crippen molar-refractivity contribution < 1.29 is 13.2 Å². The third-order valence-electron chi connectivity index (χ3n) is 3.35. The van der Waals surface area contributed by atoms with E-state index in [0.717, 1.165) is 19.4 Å². The maximum Gasteiger partial charge on any atom is 0.405 e. The zero-order chi connectivity index (χ0) is 11.6. The van der Waals surface area contributed by atoms with Crippen molar-refractivity contribution in [2.45, 2.75) is 31.1 Å². The van der Waals surface area contributed by atoms with Gasteiger partial charge in [0, 0.05) is 32.2 Å². The van der Waals surface area contributed by atoms with Gasteiger partial charge in [-0.15, -0.1) is 0 Å². The molecule has 2 saturated heterocycles. The summed E-state index contributed by atoms with van der Waals surface area (Å²) in [6.07, 6.45) is -2.05. The van der Waals surface area contributed by atoms with Crippen LogP contribution in [0.1, 0.15) is 12.8 Å². The van der Waals surface area contributed by atoms with Crippen molar-refractivity contribution in [3.8, 4) is 0 Å². The summed E-state index contributed by atoms with van der Waals surface area (Å²) >= 11 is 0. The van der Waals surface area contributed by atoms with Crippen molar-refractivity contribution in [1.82, 2.24) is 15.5 Å². The highest BCUT2D eigenvalue weighted by molar-refractivity contribution is 4.89. The summed E-state index contributed by atoms with van der Waals surface area (Å²) in [5.41, 5.74) is 0. The normalized spacial score (nSPS) is 33.2. The SMILES string of the molecule is FC(F)(F)C1CNCCN1CC1CCCN1. The minimum Gasteiger partial charge on any atom is -0.314 e. The van der Waals surface area contributed by atoms with E-state index in [-0.39, 0.29) is 12.6 Å². The lowest BCUT2D eigenvalue weighted by Gasteiger charge is -2.38. The van der Waals surface area contributed by atoms with E-state index in [2.05, 4.69) is 10.6 Å². The summed E-state index contributed by atoms with van der Waals surface area (Å²) in [5, 5.41) is 6.06. The molecule has 2 aliphatic rings. The highest BCUT2D eigenvalue weighted by Gasteiger charge is 2.44. The molecule has 6 heteroatoms. The second kappa shape index (κ2) is 4.89. The first kappa shape index (κ1) is 12.1. The van der Waals surface area contributed by atoms with E-state index >= 15 is 0 Å². The number of alkyl halides is 3. The average Bonchev–Trinajstić information content (AvgIpc) is 2.70. The highest BCUT2D eigenvalue weighted by atomic mass is 19.4. The molecule has 2 N–H and O–H groups in total.